The van der Waals surface area contributed by atoms with Crippen molar-refractivity contribution < 1.29 is 0 Å². The van der Waals surface area contributed by atoms with Crippen LogP contribution in [0.1, 0.15) is 31.2 Å². The number of nitrogens with two attached hydrogens (primary N) is 1. The molecule has 1 aromatic heterocycles. The average molecular weight is 221 g/mol. The van der Waals surface area contributed by atoms with Crippen molar-refractivity contribution >= 4 is 11.3 Å². The van der Waals surface area contributed by atoms with Gasteiger partial charge in [-0.2, -0.15) is 11.3 Å². The van der Waals surface area contributed by atoms with Crippen LogP contribution in [-0.2, 0) is 6.42 Å². The van der Waals surface area contributed by atoms with E-state index < -0.39 is 0 Å². The number of hydrogen-bond acceptors (Lipinski definition) is 2. The molecule has 2 heteroatoms. The van der Waals surface area contributed by atoms with Crippen LogP contribution in [0.3, 0.4) is 0 Å². The zero-order chi connectivity index (χ0) is 10.3. The van der Waals surface area contributed by atoms with E-state index >= 15 is 0 Å². The maximum atomic E-state index is 5.99. The Labute approximate surface area is 95.7 Å². The fourth-order valence-corrected chi connectivity index (χ4v) is 4.03. The van der Waals surface area contributed by atoms with Gasteiger partial charge in [-0.1, -0.05) is 0 Å². The Morgan fingerprint density at radius 1 is 1.40 bits per heavy atom. The lowest BCUT2D eigenvalue weighted by Gasteiger charge is -2.29. The number of aryl methyl sites for hydroxylation is 1. The molecule has 1 aromatic rings. The molecule has 1 heterocycles. The van der Waals surface area contributed by atoms with Gasteiger partial charge in [-0.05, 0) is 78.3 Å². The van der Waals surface area contributed by atoms with Gasteiger partial charge < -0.3 is 5.73 Å². The summed E-state index contributed by atoms with van der Waals surface area (Å²) in [6.45, 7) is 0.907. The molecule has 2 atom stereocenters. The highest BCUT2D eigenvalue weighted by Crippen LogP contribution is 2.60. The molecule has 0 bridgehead atoms. The van der Waals surface area contributed by atoms with Crippen LogP contribution in [0, 0.1) is 17.3 Å². The van der Waals surface area contributed by atoms with Crippen LogP contribution in [0.15, 0.2) is 16.8 Å². The molecule has 0 aromatic carbocycles. The fraction of sp³-hybridized carbons (Fsp3) is 0.692. The van der Waals surface area contributed by atoms with Gasteiger partial charge in [0.2, 0.25) is 0 Å². The van der Waals surface area contributed by atoms with Crippen LogP contribution in [0.5, 0.6) is 0 Å². The molecule has 0 amide bonds. The molecule has 2 aliphatic carbocycles. The lowest BCUT2D eigenvalue weighted by atomic mass is 9.78. The summed E-state index contributed by atoms with van der Waals surface area (Å²) in [5.41, 5.74) is 8.01. The van der Waals surface area contributed by atoms with Crippen molar-refractivity contribution in [3.63, 3.8) is 0 Å². The predicted molar refractivity (Wildman–Crippen MR) is 65.0 cm³/mol. The molecule has 2 fully saturated rings. The molecule has 1 nitrogen and oxygen atoms in total. The quantitative estimate of drug-likeness (QED) is 0.831. The van der Waals surface area contributed by atoms with E-state index in [4.69, 9.17) is 5.73 Å². The first-order chi connectivity index (χ1) is 7.31. The van der Waals surface area contributed by atoms with Crippen molar-refractivity contribution in [2.75, 3.05) is 6.54 Å². The molecule has 3 rings (SSSR count). The highest BCUT2D eigenvalue weighted by Gasteiger charge is 2.52. The molecule has 82 valence electrons. The molecule has 2 N–H and O–H groups in total. The third kappa shape index (κ3) is 1.85. The molecule has 0 aliphatic heterocycles. The Morgan fingerprint density at radius 2 is 2.20 bits per heavy atom. The van der Waals surface area contributed by atoms with Gasteiger partial charge >= 0.3 is 0 Å². The topological polar surface area (TPSA) is 26.0 Å². The first-order valence-electron chi connectivity index (χ1n) is 6.02. The summed E-state index contributed by atoms with van der Waals surface area (Å²) in [7, 11) is 0. The predicted octanol–water partition coefficient (Wildman–Crippen LogP) is 3.06. The number of rotatable bonds is 4. The van der Waals surface area contributed by atoms with Crippen LogP contribution in [-0.4, -0.2) is 6.54 Å². The van der Waals surface area contributed by atoms with Crippen molar-refractivity contribution in [1.29, 1.82) is 0 Å². The van der Waals surface area contributed by atoms with Crippen LogP contribution < -0.4 is 5.73 Å². The second-order valence-electron chi connectivity index (χ2n) is 5.50. The largest absolute Gasteiger partial charge is 0.330 e. The smallest absolute Gasteiger partial charge is 0.00202 e. The number of fused-ring (bicyclic) bond motifs is 1. The minimum absolute atomic E-state index is 0.509. The molecule has 2 saturated carbocycles. The van der Waals surface area contributed by atoms with Crippen LogP contribution in [0.25, 0.3) is 0 Å². The van der Waals surface area contributed by atoms with Gasteiger partial charge in [-0.3, -0.25) is 0 Å². The van der Waals surface area contributed by atoms with Gasteiger partial charge in [0.1, 0.15) is 0 Å². The zero-order valence-electron chi connectivity index (χ0n) is 9.11. The molecule has 15 heavy (non-hydrogen) atoms. The van der Waals surface area contributed by atoms with Gasteiger partial charge in [0, 0.05) is 0 Å². The normalized spacial score (nSPS) is 37.9. The summed E-state index contributed by atoms with van der Waals surface area (Å²) in [6, 6.07) is 2.25. The summed E-state index contributed by atoms with van der Waals surface area (Å²) in [4.78, 5) is 0. The highest BCUT2D eigenvalue weighted by atomic mass is 32.1. The van der Waals surface area contributed by atoms with E-state index in [0.29, 0.717) is 5.41 Å². The molecular weight excluding hydrogens is 202 g/mol. The van der Waals surface area contributed by atoms with Gasteiger partial charge in [0.05, 0.1) is 0 Å². The van der Waals surface area contributed by atoms with E-state index in [1.54, 1.807) is 11.3 Å². The lowest BCUT2D eigenvalue weighted by Crippen LogP contribution is -2.29. The van der Waals surface area contributed by atoms with Crippen molar-refractivity contribution in [1.82, 2.24) is 0 Å². The minimum atomic E-state index is 0.509. The Hall–Kier alpha value is -0.340. The summed E-state index contributed by atoms with van der Waals surface area (Å²) < 4.78 is 0. The van der Waals surface area contributed by atoms with E-state index in [1.807, 2.05) is 0 Å². The van der Waals surface area contributed by atoms with Gasteiger partial charge in [0.25, 0.3) is 0 Å². The van der Waals surface area contributed by atoms with Gasteiger partial charge in [0.15, 0.2) is 0 Å². The Kier molecular flexibility index (Phi) is 2.37. The average Bonchev–Trinajstić information content (AvgIpc) is 2.75. The Bertz CT molecular complexity index is 320. The van der Waals surface area contributed by atoms with E-state index in [2.05, 4.69) is 16.8 Å². The standard InChI is InChI=1S/C13H19NS/c14-9-13(6-11-5-12(11)7-13)3-1-10-2-4-15-8-10/h2,4,8,11-12H,1,3,5-7,9,14H2. The van der Waals surface area contributed by atoms with Crippen molar-refractivity contribution in [2.24, 2.45) is 23.0 Å². The summed E-state index contributed by atoms with van der Waals surface area (Å²) in [5.74, 6) is 2.10. The lowest BCUT2D eigenvalue weighted by molar-refractivity contribution is 0.253. The first-order valence-corrected chi connectivity index (χ1v) is 6.97. The molecule has 0 saturated heterocycles. The maximum absolute atomic E-state index is 5.99. The molecule has 0 radical (unpaired) electrons. The van der Waals surface area contributed by atoms with Crippen molar-refractivity contribution in [2.45, 2.75) is 32.1 Å². The minimum Gasteiger partial charge on any atom is -0.330 e. The maximum Gasteiger partial charge on any atom is -0.00202 e. The number of hydrogen-bond donors (Lipinski definition) is 1. The summed E-state index contributed by atoms with van der Waals surface area (Å²) in [5, 5.41) is 4.45. The first kappa shape index (κ1) is 9.86. The Morgan fingerprint density at radius 3 is 2.80 bits per heavy atom. The summed E-state index contributed by atoms with van der Waals surface area (Å²) >= 11 is 1.81. The van der Waals surface area contributed by atoms with E-state index in [-0.39, 0.29) is 0 Å². The van der Waals surface area contributed by atoms with Crippen molar-refractivity contribution in [3.8, 4) is 0 Å². The second-order valence-corrected chi connectivity index (χ2v) is 6.28. The van der Waals surface area contributed by atoms with Gasteiger partial charge in [-0.25, -0.2) is 0 Å². The van der Waals surface area contributed by atoms with Crippen molar-refractivity contribution in [3.05, 3.63) is 22.4 Å². The third-order valence-corrected chi connectivity index (χ3v) is 5.15. The SMILES string of the molecule is NCC1(CCc2ccsc2)CC2CC2C1. The highest BCUT2D eigenvalue weighted by molar-refractivity contribution is 7.07. The second kappa shape index (κ2) is 3.60. The van der Waals surface area contributed by atoms with E-state index in [0.717, 1.165) is 18.4 Å². The monoisotopic (exact) mass is 221 g/mol. The molecule has 0 spiro atoms. The fourth-order valence-electron chi connectivity index (χ4n) is 3.32. The molecule has 2 aliphatic rings. The molecular formula is C13H19NS. The number of thiophene rings is 1. The third-order valence-electron chi connectivity index (χ3n) is 4.42. The summed E-state index contributed by atoms with van der Waals surface area (Å²) in [6.07, 6.45) is 6.88. The van der Waals surface area contributed by atoms with Crippen LogP contribution >= 0.6 is 11.3 Å². The van der Waals surface area contributed by atoms with Crippen LogP contribution in [0.4, 0.5) is 0 Å². The Balaban J connectivity index is 1.61. The molecule has 2 unspecified atom stereocenters. The van der Waals surface area contributed by atoms with E-state index in [1.165, 1.54) is 37.7 Å². The van der Waals surface area contributed by atoms with E-state index in [9.17, 15) is 0 Å². The van der Waals surface area contributed by atoms with Gasteiger partial charge in [-0.15, -0.1) is 0 Å². The zero-order valence-corrected chi connectivity index (χ0v) is 9.93. The van der Waals surface area contributed by atoms with Crippen LogP contribution in [0.2, 0.25) is 0 Å².